The van der Waals surface area contributed by atoms with Crippen LogP contribution in [-0.2, 0) is 9.59 Å². The van der Waals surface area contributed by atoms with Crippen molar-refractivity contribution >= 4 is 11.8 Å². The van der Waals surface area contributed by atoms with E-state index in [4.69, 9.17) is 11.5 Å². The van der Waals surface area contributed by atoms with Crippen molar-refractivity contribution in [2.75, 3.05) is 13.1 Å². The first-order chi connectivity index (χ1) is 16.0. The van der Waals surface area contributed by atoms with Gasteiger partial charge in [0, 0.05) is 25.0 Å². The second kappa shape index (κ2) is 10.9. The number of rotatable bonds is 7. The van der Waals surface area contributed by atoms with Crippen molar-refractivity contribution < 1.29 is 9.59 Å². The third-order valence-electron chi connectivity index (χ3n) is 7.26. The van der Waals surface area contributed by atoms with E-state index in [0.29, 0.717) is 31.5 Å². The second-order valence-electron chi connectivity index (χ2n) is 9.54. The Hall–Kier alpha value is -2.70. The molecule has 2 aromatic carbocycles. The van der Waals surface area contributed by atoms with E-state index in [0.717, 1.165) is 43.2 Å². The zero-order valence-electron chi connectivity index (χ0n) is 19.2. The summed E-state index contributed by atoms with van der Waals surface area (Å²) in [6.45, 7) is 1.23. The Labute approximate surface area is 196 Å². The van der Waals surface area contributed by atoms with Crippen LogP contribution in [0, 0.1) is 5.92 Å². The quantitative estimate of drug-likeness (QED) is 0.606. The van der Waals surface area contributed by atoms with Crippen molar-refractivity contribution in [1.29, 1.82) is 0 Å². The Morgan fingerprint density at radius 2 is 1.48 bits per heavy atom. The third kappa shape index (κ3) is 5.63. The summed E-state index contributed by atoms with van der Waals surface area (Å²) in [7, 11) is 0. The fourth-order valence-electron chi connectivity index (χ4n) is 5.32. The lowest BCUT2D eigenvalue weighted by molar-refractivity contribution is -0.139. The first kappa shape index (κ1) is 23.5. The molecule has 2 aromatic rings. The number of nitrogens with one attached hydrogen (secondary N) is 1. The van der Waals surface area contributed by atoms with Crippen LogP contribution in [0.4, 0.5) is 0 Å². The molecule has 6 heteroatoms. The largest absolute Gasteiger partial charge is 0.354 e. The number of carbonyl (C=O) groups excluding carboxylic acids is 2. The molecule has 1 aliphatic heterocycles. The Morgan fingerprint density at radius 3 is 2.06 bits per heavy atom. The molecule has 1 unspecified atom stereocenters. The molecule has 2 amide bonds. The van der Waals surface area contributed by atoms with E-state index >= 15 is 0 Å². The van der Waals surface area contributed by atoms with Gasteiger partial charge in [0.05, 0.1) is 6.04 Å². The molecule has 2 atom stereocenters. The van der Waals surface area contributed by atoms with Crippen molar-refractivity contribution in [1.82, 2.24) is 10.2 Å². The monoisotopic (exact) mass is 448 g/mol. The fourth-order valence-corrected chi connectivity index (χ4v) is 5.32. The van der Waals surface area contributed by atoms with Crippen LogP contribution in [0.25, 0.3) is 0 Å². The average Bonchev–Trinajstić information content (AvgIpc) is 3.34. The van der Waals surface area contributed by atoms with Crippen molar-refractivity contribution in [2.24, 2.45) is 17.4 Å². The van der Waals surface area contributed by atoms with E-state index in [1.54, 1.807) is 4.90 Å². The minimum absolute atomic E-state index is 0.0566. The molecular formula is C27H36N4O2. The molecule has 0 aromatic heterocycles. The number of hydrogen-bond donors (Lipinski definition) is 3. The SMILES string of the molecule is NC1CCC(CNC(=O)C2CCCN2C(=O)[C@H](N)C(c2ccccc2)c2ccccc2)CC1. The molecule has 5 N–H and O–H groups in total. The predicted molar refractivity (Wildman–Crippen MR) is 130 cm³/mol. The lowest BCUT2D eigenvalue weighted by Gasteiger charge is -2.31. The lowest BCUT2D eigenvalue weighted by Crippen LogP contribution is -2.53. The van der Waals surface area contributed by atoms with Gasteiger partial charge in [-0.3, -0.25) is 9.59 Å². The van der Waals surface area contributed by atoms with Crippen LogP contribution < -0.4 is 16.8 Å². The van der Waals surface area contributed by atoms with E-state index in [1.165, 1.54) is 0 Å². The number of benzene rings is 2. The smallest absolute Gasteiger partial charge is 0.242 e. The summed E-state index contributed by atoms with van der Waals surface area (Å²) in [6.07, 6.45) is 5.63. The van der Waals surface area contributed by atoms with Gasteiger partial charge in [-0.05, 0) is 55.6 Å². The van der Waals surface area contributed by atoms with Crippen molar-refractivity contribution in [3.63, 3.8) is 0 Å². The van der Waals surface area contributed by atoms with Crippen molar-refractivity contribution in [3.05, 3.63) is 71.8 Å². The van der Waals surface area contributed by atoms with E-state index in [9.17, 15) is 9.59 Å². The van der Waals surface area contributed by atoms with Crippen LogP contribution in [0.1, 0.15) is 55.6 Å². The van der Waals surface area contributed by atoms with Crippen molar-refractivity contribution in [3.8, 4) is 0 Å². The molecule has 4 rings (SSSR count). The highest BCUT2D eigenvalue weighted by atomic mass is 16.2. The van der Waals surface area contributed by atoms with Gasteiger partial charge in [-0.25, -0.2) is 0 Å². The summed E-state index contributed by atoms with van der Waals surface area (Å²) in [5, 5.41) is 3.11. The lowest BCUT2D eigenvalue weighted by atomic mass is 9.84. The number of carbonyl (C=O) groups is 2. The Morgan fingerprint density at radius 1 is 0.909 bits per heavy atom. The van der Waals surface area contributed by atoms with Gasteiger partial charge in [-0.2, -0.15) is 0 Å². The molecule has 176 valence electrons. The number of nitrogens with two attached hydrogens (primary N) is 2. The molecular weight excluding hydrogens is 412 g/mol. The average molecular weight is 449 g/mol. The first-order valence-corrected chi connectivity index (χ1v) is 12.2. The summed E-state index contributed by atoms with van der Waals surface area (Å²) in [5.41, 5.74) is 14.6. The Balaban J connectivity index is 1.45. The number of hydrogen-bond acceptors (Lipinski definition) is 4. The van der Waals surface area contributed by atoms with Crippen LogP contribution in [0.3, 0.4) is 0 Å². The Bertz CT molecular complexity index is 873. The molecule has 0 spiro atoms. The highest BCUT2D eigenvalue weighted by Crippen LogP contribution is 2.30. The van der Waals surface area contributed by atoms with Gasteiger partial charge in [0.25, 0.3) is 0 Å². The standard InChI is InChI=1S/C27H36N4O2/c28-22-15-13-19(14-16-22)18-30-26(32)23-12-7-17-31(23)27(33)25(29)24(20-8-3-1-4-9-20)21-10-5-2-6-11-21/h1-6,8-11,19,22-25H,7,12-18,28-29H2,(H,30,32)/t19?,22?,23?,25-/m1/s1. The van der Waals surface area contributed by atoms with Gasteiger partial charge < -0.3 is 21.7 Å². The molecule has 6 nitrogen and oxygen atoms in total. The molecule has 1 aliphatic carbocycles. The van der Waals surface area contributed by atoms with Crippen LogP contribution in [-0.4, -0.2) is 47.9 Å². The molecule has 2 fully saturated rings. The van der Waals surface area contributed by atoms with Gasteiger partial charge in [0.15, 0.2) is 0 Å². The zero-order chi connectivity index (χ0) is 23.2. The molecule has 0 radical (unpaired) electrons. The molecule has 1 heterocycles. The summed E-state index contributed by atoms with van der Waals surface area (Å²) in [6, 6.07) is 18.9. The summed E-state index contributed by atoms with van der Waals surface area (Å²) in [5.74, 6) is -0.00866. The normalized spacial score (nSPS) is 24.0. The molecule has 2 aliphatic rings. The minimum Gasteiger partial charge on any atom is -0.354 e. The van der Waals surface area contributed by atoms with Crippen molar-refractivity contribution in [2.45, 2.75) is 62.6 Å². The van der Waals surface area contributed by atoms with Crippen LogP contribution in [0.2, 0.25) is 0 Å². The highest BCUT2D eigenvalue weighted by molar-refractivity contribution is 5.91. The minimum atomic E-state index is -0.761. The van der Waals surface area contributed by atoms with E-state index in [1.807, 2.05) is 60.7 Å². The van der Waals surface area contributed by atoms with Gasteiger partial charge in [0.1, 0.15) is 6.04 Å². The summed E-state index contributed by atoms with van der Waals surface area (Å²) < 4.78 is 0. The van der Waals surface area contributed by atoms with Gasteiger partial charge >= 0.3 is 0 Å². The zero-order valence-corrected chi connectivity index (χ0v) is 19.2. The number of amides is 2. The van der Waals surface area contributed by atoms with Gasteiger partial charge in [0.2, 0.25) is 11.8 Å². The third-order valence-corrected chi connectivity index (χ3v) is 7.26. The van der Waals surface area contributed by atoms with Gasteiger partial charge in [-0.1, -0.05) is 60.7 Å². The molecule has 1 saturated carbocycles. The molecule has 33 heavy (non-hydrogen) atoms. The van der Waals surface area contributed by atoms with Gasteiger partial charge in [-0.15, -0.1) is 0 Å². The van der Waals surface area contributed by atoms with E-state index in [-0.39, 0.29) is 17.7 Å². The Kier molecular flexibility index (Phi) is 7.78. The number of nitrogens with zero attached hydrogens (tertiary/aromatic N) is 1. The van der Waals surface area contributed by atoms with E-state index in [2.05, 4.69) is 5.32 Å². The topological polar surface area (TPSA) is 101 Å². The second-order valence-corrected chi connectivity index (χ2v) is 9.54. The number of likely N-dealkylation sites (tertiary alicyclic amines) is 1. The molecule has 0 bridgehead atoms. The fraction of sp³-hybridized carbons (Fsp3) is 0.481. The first-order valence-electron chi connectivity index (χ1n) is 12.2. The predicted octanol–water partition coefficient (Wildman–Crippen LogP) is 2.77. The summed E-state index contributed by atoms with van der Waals surface area (Å²) >= 11 is 0. The molecule has 1 saturated heterocycles. The maximum Gasteiger partial charge on any atom is 0.242 e. The maximum absolute atomic E-state index is 13.6. The van der Waals surface area contributed by atoms with E-state index < -0.39 is 12.1 Å². The van der Waals surface area contributed by atoms with Crippen LogP contribution in [0.5, 0.6) is 0 Å². The highest BCUT2D eigenvalue weighted by Gasteiger charge is 2.39. The van der Waals surface area contributed by atoms with Crippen LogP contribution >= 0.6 is 0 Å². The summed E-state index contributed by atoms with van der Waals surface area (Å²) in [4.78, 5) is 28.3. The van der Waals surface area contributed by atoms with Crippen LogP contribution in [0.15, 0.2) is 60.7 Å². The maximum atomic E-state index is 13.6.